The van der Waals surface area contributed by atoms with Crippen LogP contribution >= 0.6 is 11.5 Å². The molecule has 1 aromatic rings. The molecular weight excluding hydrogens is 254 g/mol. The van der Waals surface area contributed by atoms with Gasteiger partial charge in [0.15, 0.2) is 0 Å². The molecular formula is C15H27N3S. The standard InChI is InChI=1S/C15H27N3S/c1-3-8-13-15(19-18-17-13)14(16-11-4-2)12-9-6-5-7-10-12/h12,14,16H,3-11H2,1-2H3. The topological polar surface area (TPSA) is 37.8 Å². The highest BCUT2D eigenvalue weighted by Crippen LogP contribution is 2.36. The second-order valence-corrected chi connectivity index (χ2v) is 6.45. The number of hydrogen-bond acceptors (Lipinski definition) is 4. The van der Waals surface area contributed by atoms with E-state index in [0.717, 1.165) is 25.3 Å². The molecule has 0 aliphatic heterocycles. The van der Waals surface area contributed by atoms with Gasteiger partial charge in [-0.1, -0.05) is 44.0 Å². The molecule has 1 atom stereocenters. The van der Waals surface area contributed by atoms with Crippen molar-refractivity contribution < 1.29 is 0 Å². The molecule has 4 heteroatoms. The van der Waals surface area contributed by atoms with Crippen LogP contribution < -0.4 is 5.32 Å². The minimum Gasteiger partial charge on any atom is -0.309 e. The van der Waals surface area contributed by atoms with Crippen LogP contribution in [0.25, 0.3) is 0 Å². The molecule has 3 nitrogen and oxygen atoms in total. The average molecular weight is 281 g/mol. The molecule has 1 N–H and O–H groups in total. The lowest BCUT2D eigenvalue weighted by Gasteiger charge is -2.30. The van der Waals surface area contributed by atoms with Gasteiger partial charge in [0.1, 0.15) is 0 Å². The average Bonchev–Trinajstić information content (AvgIpc) is 2.89. The molecule has 0 amide bonds. The Morgan fingerprint density at radius 3 is 2.68 bits per heavy atom. The van der Waals surface area contributed by atoms with Crippen LogP contribution in [0.4, 0.5) is 0 Å². The number of nitrogens with zero attached hydrogens (tertiary/aromatic N) is 2. The lowest BCUT2D eigenvalue weighted by molar-refractivity contribution is 0.273. The van der Waals surface area contributed by atoms with Crippen LogP contribution in [0.5, 0.6) is 0 Å². The van der Waals surface area contributed by atoms with Crippen molar-refractivity contribution in [3.05, 3.63) is 10.6 Å². The summed E-state index contributed by atoms with van der Waals surface area (Å²) in [5, 5.41) is 8.13. The summed E-state index contributed by atoms with van der Waals surface area (Å²) < 4.78 is 4.22. The molecule has 19 heavy (non-hydrogen) atoms. The second kappa shape index (κ2) is 7.95. The Morgan fingerprint density at radius 2 is 2.00 bits per heavy atom. The Morgan fingerprint density at radius 1 is 1.21 bits per heavy atom. The lowest BCUT2D eigenvalue weighted by Crippen LogP contribution is -2.30. The van der Waals surface area contributed by atoms with Crippen molar-refractivity contribution in [2.24, 2.45) is 5.92 Å². The molecule has 1 fully saturated rings. The van der Waals surface area contributed by atoms with E-state index in [1.165, 1.54) is 49.1 Å². The highest BCUT2D eigenvalue weighted by molar-refractivity contribution is 7.05. The number of nitrogens with one attached hydrogen (secondary N) is 1. The molecule has 1 saturated carbocycles. The van der Waals surface area contributed by atoms with Gasteiger partial charge in [-0.05, 0) is 49.7 Å². The summed E-state index contributed by atoms with van der Waals surface area (Å²) in [5.41, 5.74) is 1.24. The molecule has 0 bridgehead atoms. The summed E-state index contributed by atoms with van der Waals surface area (Å²) in [7, 11) is 0. The van der Waals surface area contributed by atoms with Crippen molar-refractivity contribution >= 4 is 11.5 Å². The van der Waals surface area contributed by atoms with Crippen LogP contribution in [0.2, 0.25) is 0 Å². The van der Waals surface area contributed by atoms with Gasteiger partial charge in [-0.3, -0.25) is 0 Å². The van der Waals surface area contributed by atoms with Gasteiger partial charge in [0.2, 0.25) is 0 Å². The normalized spacial score (nSPS) is 18.6. The Balaban J connectivity index is 2.12. The van der Waals surface area contributed by atoms with Crippen molar-refractivity contribution in [3.8, 4) is 0 Å². The first-order valence-corrected chi connectivity index (χ1v) is 8.68. The Bertz CT molecular complexity index is 358. The Labute approximate surface area is 121 Å². The van der Waals surface area contributed by atoms with Crippen LogP contribution in [-0.2, 0) is 6.42 Å². The second-order valence-electron chi connectivity index (χ2n) is 5.66. The fourth-order valence-electron chi connectivity index (χ4n) is 3.10. The van der Waals surface area contributed by atoms with E-state index in [2.05, 4.69) is 28.8 Å². The SMILES string of the molecule is CCCNC(c1snnc1CCC)C1CCCCC1. The Hall–Kier alpha value is -0.480. The maximum Gasteiger partial charge on any atom is 0.0803 e. The lowest BCUT2D eigenvalue weighted by atomic mass is 9.82. The summed E-state index contributed by atoms with van der Waals surface area (Å²) in [4.78, 5) is 1.42. The molecule has 1 heterocycles. The summed E-state index contributed by atoms with van der Waals surface area (Å²) in [6.07, 6.45) is 10.4. The van der Waals surface area contributed by atoms with E-state index in [0.29, 0.717) is 6.04 Å². The number of hydrogen-bond donors (Lipinski definition) is 1. The first kappa shape index (κ1) is 14.9. The smallest absolute Gasteiger partial charge is 0.0803 e. The van der Waals surface area contributed by atoms with Gasteiger partial charge < -0.3 is 5.32 Å². The first-order valence-electron chi connectivity index (χ1n) is 7.91. The third kappa shape index (κ3) is 3.99. The number of aromatic nitrogens is 2. The molecule has 1 aliphatic rings. The predicted octanol–water partition coefficient (Wildman–Crippen LogP) is 4.11. The largest absolute Gasteiger partial charge is 0.309 e. The maximum atomic E-state index is 4.36. The van der Waals surface area contributed by atoms with Gasteiger partial charge in [0.25, 0.3) is 0 Å². The molecule has 0 saturated heterocycles. The molecule has 0 aromatic carbocycles. The summed E-state index contributed by atoms with van der Waals surface area (Å²) in [5.74, 6) is 0.790. The fourth-order valence-corrected chi connectivity index (χ4v) is 3.97. The zero-order valence-corrected chi connectivity index (χ0v) is 13.1. The van der Waals surface area contributed by atoms with Crippen molar-refractivity contribution in [2.45, 2.75) is 71.3 Å². The van der Waals surface area contributed by atoms with E-state index in [1.54, 1.807) is 11.5 Å². The van der Waals surface area contributed by atoms with Gasteiger partial charge in [-0.25, -0.2) is 0 Å². The fraction of sp³-hybridized carbons (Fsp3) is 0.867. The molecule has 0 radical (unpaired) electrons. The van der Waals surface area contributed by atoms with Crippen LogP contribution in [0.1, 0.15) is 75.4 Å². The van der Waals surface area contributed by atoms with Crippen LogP contribution in [0, 0.1) is 5.92 Å². The minimum absolute atomic E-state index is 0.502. The molecule has 1 aromatic heterocycles. The van der Waals surface area contributed by atoms with Gasteiger partial charge in [0, 0.05) is 6.04 Å². The molecule has 1 aliphatic carbocycles. The zero-order valence-electron chi connectivity index (χ0n) is 12.3. The zero-order chi connectivity index (χ0) is 13.5. The molecule has 2 rings (SSSR count). The highest BCUT2D eigenvalue weighted by Gasteiger charge is 2.28. The van der Waals surface area contributed by atoms with Crippen molar-refractivity contribution in [1.82, 2.24) is 14.9 Å². The first-order chi connectivity index (χ1) is 9.36. The molecule has 1 unspecified atom stereocenters. The van der Waals surface area contributed by atoms with E-state index in [1.807, 2.05) is 0 Å². The summed E-state index contributed by atoms with van der Waals surface area (Å²) >= 11 is 1.62. The van der Waals surface area contributed by atoms with Crippen LogP contribution in [-0.4, -0.2) is 16.1 Å². The Kier molecular flexibility index (Phi) is 6.24. The minimum atomic E-state index is 0.502. The van der Waals surface area contributed by atoms with Crippen LogP contribution in [0.3, 0.4) is 0 Å². The van der Waals surface area contributed by atoms with E-state index in [4.69, 9.17) is 0 Å². The van der Waals surface area contributed by atoms with Crippen molar-refractivity contribution in [3.63, 3.8) is 0 Å². The molecule has 0 spiro atoms. The van der Waals surface area contributed by atoms with Gasteiger partial charge >= 0.3 is 0 Å². The van der Waals surface area contributed by atoms with Crippen molar-refractivity contribution in [2.75, 3.05) is 6.54 Å². The quantitative estimate of drug-likeness (QED) is 0.817. The van der Waals surface area contributed by atoms with E-state index < -0.39 is 0 Å². The van der Waals surface area contributed by atoms with E-state index in [9.17, 15) is 0 Å². The third-order valence-electron chi connectivity index (χ3n) is 4.09. The molecule has 108 valence electrons. The van der Waals surface area contributed by atoms with Crippen LogP contribution in [0.15, 0.2) is 0 Å². The number of rotatable bonds is 7. The van der Waals surface area contributed by atoms with E-state index in [-0.39, 0.29) is 0 Å². The predicted molar refractivity (Wildman–Crippen MR) is 81.5 cm³/mol. The maximum absolute atomic E-state index is 4.36. The number of aryl methyl sites for hydroxylation is 1. The van der Waals surface area contributed by atoms with E-state index >= 15 is 0 Å². The van der Waals surface area contributed by atoms with Gasteiger partial charge in [0.05, 0.1) is 10.6 Å². The highest BCUT2D eigenvalue weighted by atomic mass is 32.1. The summed E-state index contributed by atoms with van der Waals surface area (Å²) in [6.45, 7) is 5.56. The summed E-state index contributed by atoms with van der Waals surface area (Å²) in [6, 6.07) is 0.502. The third-order valence-corrected chi connectivity index (χ3v) is 4.94. The van der Waals surface area contributed by atoms with Gasteiger partial charge in [-0.2, -0.15) is 0 Å². The monoisotopic (exact) mass is 281 g/mol. The van der Waals surface area contributed by atoms with Gasteiger partial charge in [-0.15, -0.1) is 5.10 Å². The van der Waals surface area contributed by atoms with Crippen molar-refractivity contribution in [1.29, 1.82) is 0 Å².